The Morgan fingerprint density at radius 3 is 2.93 bits per heavy atom. The Labute approximate surface area is 90.8 Å². The van der Waals surface area contributed by atoms with Crippen molar-refractivity contribution in [3.8, 4) is 11.8 Å². The number of aryl methyl sites for hydroxylation is 1. The van der Waals surface area contributed by atoms with Gasteiger partial charge in [0.2, 0.25) is 5.95 Å². The van der Waals surface area contributed by atoms with E-state index in [1.807, 2.05) is 12.3 Å². The third kappa shape index (κ3) is 2.39. The summed E-state index contributed by atoms with van der Waals surface area (Å²) >= 11 is 1.52. The van der Waals surface area contributed by atoms with Gasteiger partial charge in [-0.05, 0) is 25.0 Å². The minimum atomic E-state index is -0.544. The van der Waals surface area contributed by atoms with Crippen molar-refractivity contribution >= 4 is 11.3 Å². The molecule has 0 atom stereocenters. The molecule has 2 rings (SSSR count). The maximum Gasteiger partial charge on any atom is 0.228 e. The number of rotatable bonds is 0. The third-order valence-corrected chi connectivity index (χ3v) is 2.48. The molecule has 0 aliphatic rings. The van der Waals surface area contributed by atoms with Gasteiger partial charge in [-0.25, -0.2) is 9.97 Å². The van der Waals surface area contributed by atoms with Crippen LogP contribution in [0.15, 0.2) is 23.7 Å². The molecule has 2 heterocycles. The van der Waals surface area contributed by atoms with E-state index in [9.17, 15) is 4.39 Å². The number of halogens is 1. The Morgan fingerprint density at radius 2 is 2.27 bits per heavy atom. The summed E-state index contributed by atoms with van der Waals surface area (Å²) < 4.78 is 13.1. The summed E-state index contributed by atoms with van der Waals surface area (Å²) in [5.41, 5.74) is 0.962. The smallest absolute Gasteiger partial charge is 0.228 e. The van der Waals surface area contributed by atoms with Crippen LogP contribution in [-0.4, -0.2) is 9.97 Å². The van der Waals surface area contributed by atoms with Crippen LogP contribution < -0.4 is 0 Å². The fraction of sp³-hybridized carbons (Fsp3) is 0.0909. The lowest BCUT2D eigenvalue weighted by molar-refractivity contribution is 0.580. The molecule has 0 unspecified atom stereocenters. The average Bonchev–Trinajstić information content (AvgIpc) is 2.63. The van der Waals surface area contributed by atoms with Crippen molar-refractivity contribution in [1.82, 2.24) is 9.97 Å². The number of aromatic nitrogens is 2. The van der Waals surface area contributed by atoms with E-state index in [0.29, 0.717) is 11.3 Å². The lowest BCUT2D eigenvalue weighted by atomic mass is 10.3. The molecule has 74 valence electrons. The van der Waals surface area contributed by atoms with Crippen LogP contribution in [0.2, 0.25) is 0 Å². The highest BCUT2D eigenvalue weighted by Crippen LogP contribution is 2.07. The maximum atomic E-state index is 13.1. The highest BCUT2D eigenvalue weighted by molar-refractivity contribution is 7.09. The van der Waals surface area contributed by atoms with Gasteiger partial charge in [-0.15, -0.1) is 11.3 Å². The fourth-order valence-corrected chi connectivity index (χ4v) is 1.58. The van der Waals surface area contributed by atoms with Gasteiger partial charge in [0.15, 0.2) is 0 Å². The summed E-state index contributed by atoms with van der Waals surface area (Å²) in [4.78, 5) is 7.67. The van der Waals surface area contributed by atoms with Crippen LogP contribution >= 0.6 is 11.3 Å². The third-order valence-electron chi connectivity index (χ3n) is 1.70. The largest absolute Gasteiger partial charge is 0.233 e. The molecular weight excluding hydrogens is 211 g/mol. The quantitative estimate of drug-likeness (QED) is 0.501. The molecule has 4 heteroatoms. The lowest BCUT2D eigenvalue weighted by Crippen LogP contribution is -1.86. The maximum absolute atomic E-state index is 13.1. The van der Waals surface area contributed by atoms with Crippen molar-refractivity contribution in [2.45, 2.75) is 6.92 Å². The second-order valence-electron chi connectivity index (χ2n) is 2.84. The minimum absolute atomic E-state index is 0.295. The Morgan fingerprint density at radius 1 is 1.40 bits per heavy atom. The molecule has 0 spiro atoms. The second kappa shape index (κ2) is 4.20. The van der Waals surface area contributed by atoms with Gasteiger partial charge in [0.25, 0.3) is 0 Å². The van der Waals surface area contributed by atoms with E-state index in [1.165, 1.54) is 17.5 Å². The second-order valence-corrected chi connectivity index (χ2v) is 3.91. The summed E-state index contributed by atoms with van der Waals surface area (Å²) in [7, 11) is 0. The van der Waals surface area contributed by atoms with Crippen molar-refractivity contribution in [2.75, 3.05) is 0 Å². The van der Waals surface area contributed by atoms with Gasteiger partial charge in [0.1, 0.15) is 5.69 Å². The van der Waals surface area contributed by atoms with E-state index >= 15 is 0 Å². The molecule has 2 aromatic rings. The first-order valence-electron chi connectivity index (χ1n) is 4.30. The van der Waals surface area contributed by atoms with Gasteiger partial charge in [0, 0.05) is 11.6 Å². The lowest BCUT2D eigenvalue weighted by Gasteiger charge is -1.89. The van der Waals surface area contributed by atoms with Crippen LogP contribution in [0.1, 0.15) is 16.3 Å². The molecule has 0 aromatic carbocycles. The molecule has 0 N–H and O–H groups in total. The van der Waals surface area contributed by atoms with Gasteiger partial charge in [-0.3, -0.25) is 0 Å². The first-order valence-corrected chi connectivity index (χ1v) is 5.18. The molecule has 2 nitrogen and oxygen atoms in total. The number of hydrogen-bond acceptors (Lipinski definition) is 3. The molecular formula is C11H7FN2S. The molecule has 0 saturated carbocycles. The summed E-state index contributed by atoms with van der Waals surface area (Å²) in [6.45, 7) is 1.90. The van der Waals surface area contributed by atoms with E-state index in [0.717, 1.165) is 5.01 Å². The molecule has 2 aromatic heterocycles. The SMILES string of the molecule is Cc1nc(C#Cc2cccnc2F)cs1. The topological polar surface area (TPSA) is 25.8 Å². The molecule has 0 fully saturated rings. The summed E-state index contributed by atoms with van der Waals surface area (Å²) in [6.07, 6.45) is 1.40. The summed E-state index contributed by atoms with van der Waals surface area (Å²) in [6, 6.07) is 3.24. The number of pyridine rings is 1. The van der Waals surface area contributed by atoms with E-state index in [2.05, 4.69) is 21.8 Å². The summed E-state index contributed by atoms with van der Waals surface area (Å²) in [5, 5.41) is 2.79. The molecule has 0 aliphatic heterocycles. The van der Waals surface area contributed by atoms with E-state index < -0.39 is 5.95 Å². The highest BCUT2D eigenvalue weighted by Gasteiger charge is 1.97. The van der Waals surface area contributed by atoms with E-state index in [4.69, 9.17) is 0 Å². The van der Waals surface area contributed by atoms with Crippen molar-refractivity contribution in [3.63, 3.8) is 0 Å². The molecule has 0 aliphatic carbocycles. The van der Waals surface area contributed by atoms with E-state index in [-0.39, 0.29) is 0 Å². The first kappa shape index (κ1) is 9.81. The fourth-order valence-electron chi connectivity index (χ4n) is 1.03. The normalized spacial score (nSPS) is 9.47. The zero-order valence-corrected chi connectivity index (χ0v) is 8.81. The molecule has 0 saturated heterocycles. The Hall–Kier alpha value is -1.73. The van der Waals surface area contributed by atoms with Crippen LogP contribution in [0.3, 0.4) is 0 Å². The van der Waals surface area contributed by atoms with Gasteiger partial charge >= 0.3 is 0 Å². The number of thiazole rings is 1. The van der Waals surface area contributed by atoms with Crippen molar-refractivity contribution in [1.29, 1.82) is 0 Å². The van der Waals surface area contributed by atoms with Crippen LogP contribution in [-0.2, 0) is 0 Å². The molecule has 0 radical (unpaired) electrons. The predicted octanol–water partition coefficient (Wildman–Crippen LogP) is 2.39. The van der Waals surface area contributed by atoms with Gasteiger partial charge in [0.05, 0.1) is 10.6 Å². The Kier molecular flexibility index (Phi) is 2.75. The van der Waals surface area contributed by atoms with Crippen molar-refractivity contribution in [2.24, 2.45) is 0 Å². The molecule has 0 amide bonds. The standard InChI is InChI=1S/C11H7FN2S/c1-8-14-10(7-15-8)5-4-9-3-2-6-13-11(9)12/h2-3,6-7H,1H3. The predicted molar refractivity (Wildman–Crippen MR) is 57.0 cm³/mol. The molecule has 15 heavy (non-hydrogen) atoms. The number of nitrogens with zero attached hydrogens (tertiary/aromatic N) is 2. The molecule has 0 bridgehead atoms. The Bertz CT molecular complexity index is 537. The average molecular weight is 218 g/mol. The van der Waals surface area contributed by atoms with Gasteiger partial charge < -0.3 is 0 Å². The van der Waals surface area contributed by atoms with Crippen LogP contribution in [0, 0.1) is 24.7 Å². The van der Waals surface area contributed by atoms with Crippen LogP contribution in [0.5, 0.6) is 0 Å². The van der Waals surface area contributed by atoms with Crippen LogP contribution in [0.4, 0.5) is 4.39 Å². The first-order chi connectivity index (χ1) is 7.25. The highest BCUT2D eigenvalue weighted by atomic mass is 32.1. The van der Waals surface area contributed by atoms with Crippen molar-refractivity contribution in [3.05, 3.63) is 45.9 Å². The zero-order chi connectivity index (χ0) is 10.7. The minimum Gasteiger partial charge on any atom is -0.233 e. The van der Waals surface area contributed by atoms with Gasteiger partial charge in [-0.2, -0.15) is 4.39 Å². The van der Waals surface area contributed by atoms with Gasteiger partial charge in [-0.1, -0.05) is 5.92 Å². The van der Waals surface area contributed by atoms with Crippen molar-refractivity contribution < 1.29 is 4.39 Å². The number of hydrogen-bond donors (Lipinski definition) is 0. The zero-order valence-electron chi connectivity index (χ0n) is 7.99. The van der Waals surface area contributed by atoms with Crippen LogP contribution in [0.25, 0.3) is 0 Å². The van der Waals surface area contributed by atoms with E-state index in [1.54, 1.807) is 12.1 Å². The summed E-state index contributed by atoms with van der Waals surface area (Å²) in [5.74, 6) is 4.95. The Balaban J connectivity index is 2.30. The monoisotopic (exact) mass is 218 g/mol.